The van der Waals surface area contributed by atoms with E-state index in [9.17, 15) is 0 Å². The summed E-state index contributed by atoms with van der Waals surface area (Å²) in [7, 11) is 2.01. The summed E-state index contributed by atoms with van der Waals surface area (Å²) in [5.74, 6) is 6.76. The number of hydrazine groups is 1. The molecule has 0 aliphatic rings. The first-order valence-corrected chi connectivity index (χ1v) is 8.02. The molecule has 0 spiro atoms. The van der Waals surface area contributed by atoms with E-state index in [2.05, 4.69) is 48.4 Å². The van der Waals surface area contributed by atoms with Crippen LogP contribution in [0.4, 0.5) is 11.8 Å². The van der Waals surface area contributed by atoms with Crippen molar-refractivity contribution in [3.05, 3.63) is 45.7 Å². The molecule has 0 radical (unpaired) electrons. The molecule has 2 aromatic heterocycles. The summed E-state index contributed by atoms with van der Waals surface area (Å²) in [4.78, 5) is 11.9. The Labute approximate surface area is 134 Å². The second-order valence-corrected chi connectivity index (χ2v) is 6.45. The summed E-state index contributed by atoms with van der Waals surface area (Å²) in [6.07, 6.45) is 0. The molecule has 0 aliphatic heterocycles. The lowest BCUT2D eigenvalue weighted by molar-refractivity contribution is 0.900. The summed E-state index contributed by atoms with van der Waals surface area (Å²) in [5, 5.41) is 3.05. The maximum atomic E-state index is 5.46. The number of aromatic nitrogens is 2. The second kappa shape index (κ2) is 5.97. The van der Waals surface area contributed by atoms with E-state index in [1.165, 1.54) is 5.56 Å². The van der Waals surface area contributed by atoms with E-state index in [0.717, 1.165) is 27.1 Å². The predicted molar refractivity (Wildman–Crippen MR) is 91.5 cm³/mol. The predicted octanol–water partition coefficient (Wildman–Crippen LogP) is 3.38. The summed E-state index contributed by atoms with van der Waals surface area (Å²) in [6, 6.07) is 10.3. The van der Waals surface area contributed by atoms with Crippen molar-refractivity contribution in [3.8, 4) is 0 Å². The minimum absolute atomic E-state index is 0.432. The van der Waals surface area contributed by atoms with E-state index >= 15 is 0 Å². The quantitative estimate of drug-likeness (QED) is 0.549. The largest absolute Gasteiger partial charge is 0.355 e. The Bertz CT molecular complexity index is 773. The Morgan fingerprint density at radius 2 is 2.19 bits per heavy atom. The highest BCUT2D eigenvalue weighted by Gasteiger charge is 2.12. The minimum Gasteiger partial charge on any atom is -0.355 e. The molecule has 21 heavy (non-hydrogen) atoms. The van der Waals surface area contributed by atoms with Crippen LogP contribution < -0.4 is 16.2 Å². The standard InChI is InChI=1S/C14H14BrN5S/c1-20(8-9-3-2-4-10(15)7-9)12-11-5-6-21-13(11)18-14(17-12)19-16/h2-7H,8,16H2,1H3,(H,17,18,19). The number of hydrogen-bond donors (Lipinski definition) is 2. The molecule has 1 aromatic carbocycles. The van der Waals surface area contributed by atoms with Crippen molar-refractivity contribution < 1.29 is 0 Å². The molecule has 2 heterocycles. The summed E-state index contributed by atoms with van der Waals surface area (Å²) < 4.78 is 1.07. The molecule has 0 atom stereocenters. The molecule has 108 valence electrons. The Morgan fingerprint density at radius 1 is 1.33 bits per heavy atom. The Kier molecular flexibility index (Phi) is 4.05. The molecular formula is C14H14BrN5S. The van der Waals surface area contributed by atoms with Crippen LogP contribution in [0.15, 0.2) is 40.2 Å². The number of benzene rings is 1. The normalized spacial score (nSPS) is 10.8. The van der Waals surface area contributed by atoms with Gasteiger partial charge in [0.1, 0.15) is 10.6 Å². The van der Waals surface area contributed by atoms with Gasteiger partial charge in [-0.1, -0.05) is 28.1 Å². The smallest absolute Gasteiger partial charge is 0.240 e. The first-order valence-electron chi connectivity index (χ1n) is 6.35. The van der Waals surface area contributed by atoms with Crippen molar-refractivity contribution >= 4 is 49.2 Å². The number of halogens is 1. The topological polar surface area (TPSA) is 67.1 Å². The van der Waals surface area contributed by atoms with Gasteiger partial charge in [0, 0.05) is 18.1 Å². The third-order valence-electron chi connectivity index (χ3n) is 3.10. The lowest BCUT2D eigenvalue weighted by Gasteiger charge is -2.19. The zero-order valence-corrected chi connectivity index (χ0v) is 13.8. The van der Waals surface area contributed by atoms with Gasteiger partial charge in [0.25, 0.3) is 0 Å². The molecule has 0 fully saturated rings. The SMILES string of the molecule is CN(Cc1cccc(Br)c1)c1nc(NN)nc2sccc12. The number of rotatable bonds is 4. The fraction of sp³-hybridized carbons (Fsp3) is 0.143. The number of nitrogens with one attached hydrogen (secondary N) is 1. The maximum absolute atomic E-state index is 5.46. The van der Waals surface area contributed by atoms with Crippen molar-refractivity contribution in [2.45, 2.75) is 6.54 Å². The first-order chi connectivity index (χ1) is 10.2. The summed E-state index contributed by atoms with van der Waals surface area (Å²) >= 11 is 5.07. The number of fused-ring (bicyclic) bond motifs is 1. The highest BCUT2D eigenvalue weighted by atomic mass is 79.9. The van der Waals surface area contributed by atoms with E-state index in [0.29, 0.717) is 5.95 Å². The van der Waals surface area contributed by atoms with Crippen LogP contribution in [0.25, 0.3) is 10.2 Å². The average molecular weight is 364 g/mol. The molecule has 3 rings (SSSR count). The van der Waals surface area contributed by atoms with Crippen molar-refractivity contribution in [1.82, 2.24) is 9.97 Å². The summed E-state index contributed by atoms with van der Waals surface area (Å²) in [5.41, 5.74) is 3.73. The number of nitrogens with zero attached hydrogens (tertiary/aromatic N) is 3. The van der Waals surface area contributed by atoms with Crippen LogP contribution >= 0.6 is 27.3 Å². The van der Waals surface area contributed by atoms with E-state index < -0.39 is 0 Å². The maximum Gasteiger partial charge on any atom is 0.240 e. The van der Waals surface area contributed by atoms with Gasteiger partial charge in [-0.05, 0) is 29.1 Å². The highest BCUT2D eigenvalue weighted by molar-refractivity contribution is 9.10. The highest BCUT2D eigenvalue weighted by Crippen LogP contribution is 2.29. The third kappa shape index (κ3) is 2.99. The summed E-state index contributed by atoms with van der Waals surface area (Å²) in [6.45, 7) is 0.755. The van der Waals surface area contributed by atoms with Gasteiger partial charge < -0.3 is 4.90 Å². The Balaban J connectivity index is 1.97. The lowest BCUT2D eigenvalue weighted by Crippen LogP contribution is -2.20. The van der Waals surface area contributed by atoms with Crippen molar-refractivity contribution in [2.75, 3.05) is 17.4 Å². The van der Waals surface area contributed by atoms with Gasteiger partial charge in [0.15, 0.2) is 0 Å². The fourth-order valence-electron chi connectivity index (χ4n) is 2.18. The number of thiophene rings is 1. The van der Waals surface area contributed by atoms with E-state index in [4.69, 9.17) is 5.84 Å². The molecule has 0 amide bonds. The van der Waals surface area contributed by atoms with Gasteiger partial charge in [0.05, 0.1) is 5.39 Å². The molecule has 0 saturated carbocycles. The molecule has 3 aromatic rings. The molecular weight excluding hydrogens is 350 g/mol. The molecule has 0 saturated heterocycles. The molecule has 7 heteroatoms. The van der Waals surface area contributed by atoms with Crippen molar-refractivity contribution in [1.29, 1.82) is 0 Å². The monoisotopic (exact) mass is 363 g/mol. The van der Waals surface area contributed by atoms with E-state index in [1.807, 2.05) is 30.6 Å². The molecule has 3 N–H and O–H groups in total. The van der Waals surface area contributed by atoms with E-state index in [-0.39, 0.29) is 0 Å². The second-order valence-electron chi connectivity index (χ2n) is 4.64. The number of nitrogens with two attached hydrogens (primary N) is 1. The first kappa shape index (κ1) is 14.2. The third-order valence-corrected chi connectivity index (χ3v) is 4.40. The van der Waals surface area contributed by atoms with Crippen LogP contribution in [-0.2, 0) is 6.54 Å². The van der Waals surface area contributed by atoms with Crippen LogP contribution in [-0.4, -0.2) is 17.0 Å². The minimum atomic E-state index is 0.432. The van der Waals surface area contributed by atoms with Gasteiger partial charge in [-0.3, -0.25) is 5.43 Å². The van der Waals surface area contributed by atoms with Crippen LogP contribution in [0.5, 0.6) is 0 Å². The average Bonchev–Trinajstić information content (AvgIpc) is 2.94. The van der Waals surface area contributed by atoms with Crippen molar-refractivity contribution in [2.24, 2.45) is 5.84 Å². The van der Waals surface area contributed by atoms with Crippen LogP contribution in [0.1, 0.15) is 5.56 Å². The molecule has 0 aliphatic carbocycles. The molecule has 0 bridgehead atoms. The zero-order valence-electron chi connectivity index (χ0n) is 11.4. The Morgan fingerprint density at radius 3 is 2.95 bits per heavy atom. The van der Waals surface area contributed by atoms with Gasteiger partial charge in [-0.2, -0.15) is 4.98 Å². The van der Waals surface area contributed by atoms with Crippen LogP contribution in [0.3, 0.4) is 0 Å². The van der Waals surface area contributed by atoms with Gasteiger partial charge >= 0.3 is 0 Å². The zero-order chi connectivity index (χ0) is 14.8. The Hall–Kier alpha value is -1.70. The van der Waals surface area contributed by atoms with E-state index in [1.54, 1.807) is 11.3 Å². The number of anilines is 2. The van der Waals surface area contributed by atoms with Gasteiger partial charge in [-0.25, -0.2) is 10.8 Å². The fourth-order valence-corrected chi connectivity index (χ4v) is 3.38. The van der Waals surface area contributed by atoms with Crippen LogP contribution in [0.2, 0.25) is 0 Å². The van der Waals surface area contributed by atoms with Gasteiger partial charge in [-0.15, -0.1) is 11.3 Å². The van der Waals surface area contributed by atoms with Crippen molar-refractivity contribution in [3.63, 3.8) is 0 Å². The number of nitrogen functional groups attached to an aromatic ring is 1. The van der Waals surface area contributed by atoms with Gasteiger partial charge in [0.2, 0.25) is 5.95 Å². The number of hydrogen-bond acceptors (Lipinski definition) is 6. The molecule has 0 unspecified atom stereocenters. The lowest BCUT2D eigenvalue weighted by atomic mass is 10.2. The van der Waals surface area contributed by atoms with Crippen LogP contribution in [0, 0.1) is 0 Å². The molecule has 5 nitrogen and oxygen atoms in total.